The quantitative estimate of drug-likeness (QED) is 0.919. The third-order valence-electron chi connectivity index (χ3n) is 3.51. The van der Waals surface area contributed by atoms with E-state index in [0.29, 0.717) is 28.7 Å². The molecule has 6 heteroatoms. The Kier molecular flexibility index (Phi) is 4.23. The minimum atomic E-state index is -0.174. The molecule has 0 unspecified atom stereocenters. The second-order valence-electron chi connectivity index (χ2n) is 4.94. The van der Waals surface area contributed by atoms with Gasteiger partial charge in [0.15, 0.2) is 11.5 Å². The molecule has 0 fully saturated rings. The third kappa shape index (κ3) is 3.15. The number of hydrogen-bond donors (Lipinski definition) is 1. The van der Waals surface area contributed by atoms with Gasteiger partial charge in [0.2, 0.25) is 12.7 Å². The third-order valence-corrected chi connectivity index (χ3v) is 3.51. The van der Waals surface area contributed by atoms with Crippen molar-refractivity contribution in [3.05, 3.63) is 42.0 Å². The zero-order valence-corrected chi connectivity index (χ0v) is 12.9. The van der Waals surface area contributed by atoms with E-state index in [1.54, 1.807) is 19.2 Å². The molecule has 23 heavy (non-hydrogen) atoms. The average Bonchev–Trinajstić information content (AvgIpc) is 3.01. The molecule has 0 radical (unpaired) electrons. The van der Waals surface area contributed by atoms with E-state index >= 15 is 0 Å². The monoisotopic (exact) mass is 315 g/mol. The molecule has 0 atom stereocenters. The molecule has 0 aliphatic carbocycles. The molecule has 1 aliphatic heterocycles. The molecule has 1 N–H and O–H groups in total. The van der Waals surface area contributed by atoms with Gasteiger partial charge in [-0.3, -0.25) is 4.79 Å². The molecule has 6 nitrogen and oxygen atoms in total. The number of benzene rings is 2. The zero-order chi connectivity index (χ0) is 16.2. The first-order valence-corrected chi connectivity index (χ1v) is 7.10. The first-order chi connectivity index (χ1) is 11.2. The highest BCUT2D eigenvalue weighted by Crippen LogP contribution is 2.40. The Labute approximate surface area is 133 Å². The molecule has 0 saturated carbocycles. The topological polar surface area (TPSA) is 66.0 Å². The summed E-state index contributed by atoms with van der Waals surface area (Å²) in [5.41, 5.74) is 1.35. The maximum absolute atomic E-state index is 12.3. The zero-order valence-electron chi connectivity index (χ0n) is 12.9. The van der Waals surface area contributed by atoms with Crippen LogP contribution in [0.1, 0.15) is 5.56 Å². The van der Waals surface area contributed by atoms with Crippen LogP contribution in [0.4, 0.5) is 5.69 Å². The van der Waals surface area contributed by atoms with Crippen molar-refractivity contribution >= 4 is 11.6 Å². The number of anilines is 1. The predicted octanol–water partition coefficient (Wildman–Crippen LogP) is 2.61. The second kappa shape index (κ2) is 6.48. The number of fused-ring (bicyclic) bond motifs is 1. The molecule has 0 saturated heterocycles. The number of nitrogens with one attached hydrogen (secondary N) is 1. The number of rotatable bonds is 5. The van der Waals surface area contributed by atoms with Crippen molar-refractivity contribution in [2.75, 3.05) is 26.3 Å². The van der Waals surface area contributed by atoms with Crippen molar-refractivity contribution in [2.24, 2.45) is 0 Å². The summed E-state index contributed by atoms with van der Waals surface area (Å²) in [6.45, 7) is 0.164. The lowest BCUT2D eigenvalue weighted by Crippen LogP contribution is -2.15. The number of carbonyl (C=O) groups is 1. The van der Waals surface area contributed by atoms with Crippen LogP contribution >= 0.6 is 0 Å². The summed E-state index contributed by atoms with van der Waals surface area (Å²) in [6.07, 6.45) is 0.196. The SMILES string of the molecule is COc1ccccc1CC(=O)Nc1cc2c(cc1OC)OCO2. The Morgan fingerprint density at radius 3 is 2.52 bits per heavy atom. The second-order valence-corrected chi connectivity index (χ2v) is 4.94. The van der Waals surface area contributed by atoms with Crippen LogP contribution < -0.4 is 24.3 Å². The highest BCUT2D eigenvalue weighted by molar-refractivity contribution is 5.94. The Bertz CT molecular complexity index is 729. The Morgan fingerprint density at radius 1 is 1.09 bits per heavy atom. The van der Waals surface area contributed by atoms with E-state index < -0.39 is 0 Å². The fourth-order valence-electron chi connectivity index (χ4n) is 2.41. The summed E-state index contributed by atoms with van der Waals surface area (Å²) >= 11 is 0. The first-order valence-electron chi connectivity index (χ1n) is 7.10. The Balaban J connectivity index is 1.78. The molecule has 120 valence electrons. The standard InChI is InChI=1S/C17H17NO5/c1-20-13-6-4-3-5-11(13)7-17(19)18-12-8-15-16(23-10-22-15)9-14(12)21-2/h3-6,8-9H,7,10H2,1-2H3,(H,18,19). The van der Waals surface area contributed by atoms with Gasteiger partial charge in [-0.25, -0.2) is 0 Å². The molecule has 2 aromatic rings. The highest BCUT2D eigenvalue weighted by atomic mass is 16.7. The molecule has 1 heterocycles. The summed E-state index contributed by atoms with van der Waals surface area (Å²) in [7, 11) is 3.12. The number of methoxy groups -OCH3 is 2. The van der Waals surface area contributed by atoms with Crippen molar-refractivity contribution in [3.63, 3.8) is 0 Å². The van der Waals surface area contributed by atoms with Crippen LogP contribution in [0.15, 0.2) is 36.4 Å². The van der Waals surface area contributed by atoms with Crippen LogP contribution in [0, 0.1) is 0 Å². The molecule has 3 rings (SSSR count). The van der Waals surface area contributed by atoms with Crippen LogP contribution in [0.3, 0.4) is 0 Å². The summed E-state index contributed by atoms with van der Waals surface area (Å²) in [5.74, 6) is 2.21. The van der Waals surface area contributed by atoms with E-state index in [0.717, 1.165) is 5.56 Å². The van der Waals surface area contributed by atoms with Gasteiger partial charge in [-0.05, 0) is 6.07 Å². The summed E-state index contributed by atoms with van der Waals surface area (Å²) in [4.78, 5) is 12.3. The van der Waals surface area contributed by atoms with E-state index in [9.17, 15) is 4.79 Å². The van der Waals surface area contributed by atoms with Gasteiger partial charge in [-0.15, -0.1) is 0 Å². The minimum absolute atomic E-state index is 0.164. The number of hydrogen-bond acceptors (Lipinski definition) is 5. The number of carbonyl (C=O) groups excluding carboxylic acids is 1. The van der Waals surface area contributed by atoms with Gasteiger partial charge in [0.05, 0.1) is 26.3 Å². The van der Waals surface area contributed by atoms with Gasteiger partial charge >= 0.3 is 0 Å². The van der Waals surface area contributed by atoms with E-state index in [1.807, 2.05) is 24.3 Å². The smallest absolute Gasteiger partial charge is 0.231 e. The fraction of sp³-hybridized carbons (Fsp3) is 0.235. The summed E-state index contributed by atoms with van der Waals surface area (Å²) in [6, 6.07) is 10.8. The number of ether oxygens (including phenoxy) is 4. The van der Waals surface area contributed by atoms with Crippen LogP contribution in [-0.2, 0) is 11.2 Å². The predicted molar refractivity (Wildman–Crippen MR) is 84.4 cm³/mol. The summed E-state index contributed by atoms with van der Waals surface area (Å²) < 4.78 is 21.2. The lowest BCUT2D eigenvalue weighted by Gasteiger charge is -2.12. The van der Waals surface area contributed by atoms with E-state index in [-0.39, 0.29) is 19.1 Å². The van der Waals surface area contributed by atoms with Crippen molar-refractivity contribution < 1.29 is 23.7 Å². The van der Waals surface area contributed by atoms with Crippen LogP contribution in [-0.4, -0.2) is 26.9 Å². The van der Waals surface area contributed by atoms with Crippen LogP contribution in [0.5, 0.6) is 23.0 Å². The maximum atomic E-state index is 12.3. The highest BCUT2D eigenvalue weighted by Gasteiger charge is 2.19. The van der Waals surface area contributed by atoms with Gasteiger partial charge in [-0.2, -0.15) is 0 Å². The van der Waals surface area contributed by atoms with Gasteiger partial charge in [0.25, 0.3) is 0 Å². The Hall–Kier alpha value is -2.89. The lowest BCUT2D eigenvalue weighted by atomic mass is 10.1. The van der Waals surface area contributed by atoms with E-state index in [2.05, 4.69) is 5.32 Å². The molecular formula is C17H17NO5. The lowest BCUT2D eigenvalue weighted by molar-refractivity contribution is -0.115. The van der Waals surface area contributed by atoms with Crippen molar-refractivity contribution in [3.8, 4) is 23.0 Å². The summed E-state index contributed by atoms with van der Waals surface area (Å²) in [5, 5.41) is 2.84. The van der Waals surface area contributed by atoms with E-state index in [4.69, 9.17) is 18.9 Å². The van der Waals surface area contributed by atoms with Gasteiger partial charge in [0, 0.05) is 17.7 Å². The molecule has 0 bridgehead atoms. The number of para-hydroxylation sites is 1. The molecular weight excluding hydrogens is 298 g/mol. The molecule has 1 aliphatic rings. The van der Waals surface area contributed by atoms with E-state index in [1.165, 1.54) is 7.11 Å². The minimum Gasteiger partial charge on any atom is -0.496 e. The van der Waals surface area contributed by atoms with Crippen LogP contribution in [0.2, 0.25) is 0 Å². The van der Waals surface area contributed by atoms with Crippen LogP contribution in [0.25, 0.3) is 0 Å². The Morgan fingerprint density at radius 2 is 1.78 bits per heavy atom. The van der Waals surface area contributed by atoms with Crippen molar-refractivity contribution in [1.29, 1.82) is 0 Å². The largest absolute Gasteiger partial charge is 0.496 e. The average molecular weight is 315 g/mol. The van der Waals surface area contributed by atoms with Gasteiger partial charge < -0.3 is 24.3 Å². The molecule has 0 aromatic heterocycles. The van der Waals surface area contributed by atoms with Crippen molar-refractivity contribution in [1.82, 2.24) is 0 Å². The first kappa shape index (κ1) is 15.0. The molecule has 2 aromatic carbocycles. The maximum Gasteiger partial charge on any atom is 0.231 e. The number of amides is 1. The van der Waals surface area contributed by atoms with Gasteiger partial charge in [-0.1, -0.05) is 18.2 Å². The molecule has 0 spiro atoms. The fourth-order valence-corrected chi connectivity index (χ4v) is 2.41. The van der Waals surface area contributed by atoms with Crippen molar-refractivity contribution in [2.45, 2.75) is 6.42 Å². The normalized spacial score (nSPS) is 11.9. The van der Waals surface area contributed by atoms with Gasteiger partial charge in [0.1, 0.15) is 11.5 Å². The molecule has 1 amide bonds.